The van der Waals surface area contributed by atoms with Crippen molar-refractivity contribution in [2.45, 2.75) is 64.7 Å². The van der Waals surface area contributed by atoms with E-state index in [9.17, 15) is 13.6 Å². The molecule has 2 bridgehead atoms. The van der Waals surface area contributed by atoms with Crippen molar-refractivity contribution in [1.29, 1.82) is 0 Å². The molecule has 4 nitrogen and oxygen atoms in total. The molecule has 1 aliphatic carbocycles. The average molecular weight is 443 g/mol. The normalized spacial score (nSPS) is 25.1. The molecule has 1 aliphatic heterocycles. The molecule has 1 N–H and O–H groups in total. The summed E-state index contributed by atoms with van der Waals surface area (Å²) in [5.74, 6) is -1.16. The van der Waals surface area contributed by atoms with Crippen LogP contribution in [0.5, 0.6) is 0 Å². The summed E-state index contributed by atoms with van der Waals surface area (Å²) in [4.78, 5) is 13.6. The lowest BCUT2D eigenvalue weighted by atomic mass is 9.51. The monoisotopic (exact) mass is 442 g/mol. The third kappa shape index (κ3) is 3.73. The van der Waals surface area contributed by atoms with Gasteiger partial charge in [-0.15, -0.1) is 0 Å². The molecule has 2 aromatic carbocycles. The number of carbonyl (C=O) groups is 1. The molecule has 0 radical (unpaired) electrons. The Bertz CT molecular complexity index is 989. The van der Waals surface area contributed by atoms with Gasteiger partial charge < -0.3 is 10.1 Å². The summed E-state index contributed by atoms with van der Waals surface area (Å²) in [6, 6.07) is 10.3. The first kappa shape index (κ1) is 22.9. The van der Waals surface area contributed by atoms with Crippen LogP contribution in [-0.4, -0.2) is 36.5 Å². The first-order valence-corrected chi connectivity index (χ1v) is 11.3. The van der Waals surface area contributed by atoms with E-state index in [1.165, 1.54) is 29.3 Å². The predicted octanol–water partition coefficient (Wildman–Crippen LogP) is 5.05. The second-order valence-corrected chi connectivity index (χ2v) is 9.93. The highest BCUT2D eigenvalue weighted by Crippen LogP contribution is 2.56. The zero-order valence-corrected chi connectivity index (χ0v) is 19.3. The number of hydrogen-bond acceptors (Lipinski definition) is 3. The van der Waals surface area contributed by atoms with E-state index in [-0.39, 0.29) is 35.1 Å². The molecular weight excluding hydrogens is 410 g/mol. The third-order valence-corrected chi connectivity index (χ3v) is 8.04. The van der Waals surface area contributed by atoms with Crippen molar-refractivity contribution in [2.24, 2.45) is 5.41 Å². The van der Waals surface area contributed by atoms with Crippen LogP contribution in [-0.2, 0) is 28.0 Å². The minimum Gasteiger partial charge on any atom is -0.372 e. The van der Waals surface area contributed by atoms with Crippen LogP contribution in [0.3, 0.4) is 0 Å². The van der Waals surface area contributed by atoms with Crippen LogP contribution in [0.15, 0.2) is 36.4 Å². The highest BCUT2D eigenvalue weighted by Gasteiger charge is 2.56. The lowest BCUT2D eigenvalue weighted by molar-refractivity contribution is -0.105. The lowest BCUT2D eigenvalue weighted by Crippen LogP contribution is -2.64. The largest absolute Gasteiger partial charge is 0.372 e. The maximum Gasteiger partial charge on any atom is 0.211 e. The van der Waals surface area contributed by atoms with Crippen molar-refractivity contribution in [2.75, 3.05) is 18.4 Å². The van der Waals surface area contributed by atoms with Crippen molar-refractivity contribution < 1.29 is 18.3 Å². The van der Waals surface area contributed by atoms with Crippen LogP contribution in [0.1, 0.15) is 50.8 Å². The molecule has 0 spiro atoms. The van der Waals surface area contributed by atoms with Gasteiger partial charge in [-0.3, -0.25) is 9.69 Å². The fourth-order valence-corrected chi connectivity index (χ4v) is 5.75. The van der Waals surface area contributed by atoms with Crippen molar-refractivity contribution >= 4 is 12.1 Å². The molecular formula is C26H32F2N2O2. The number of rotatable bonds is 7. The fourth-order valence-electron chi connectivity index (χ4n) is 5.75. The van der Waals surface area contributed by atoms with Gasteiger partial charge >= 0.3 is 0 Å². The number of nitrogens with one attached hydrogen (secondary N) is 1. The van der Waals surface area contributed by atoms with E-state index in [0.717, 1.165) is 31.5 Å². The fraction of sp³-hybridized carbons (Fsp3) is 0.500. The molecule has 172 valence electrons. The highest BCUT2D eigenvalue weighted by molar-refractivity contribution is 5.75. The molecule has 4 rings (SSSR count). The number of halogens is 2. The molecule has 2 aromatic rings. The van der Waals surface area contributed by atoms with Gasteiger partial charge in [0.2, 0.25) is 6.41 Å². The minimum absolute atomic E-state index is 0.00934. The van der Waals surface area contributed by atoms with Crippen molar-refractivity contribution in [3.63, 3.8) is 0 Å². The Kier molecular flexibility index (Phi) is 6.12. The van der Waals surface area contributed by atoms with Gasteiger partial charge in [0.1, 0.15) is 11.6 Å². The Hall–Kier alpha value is -2.31. The first-order chi connectivity index (χ1) is 15.2. The minimum atomic E-state index is -0.578. The van der Waals surface area contributed by atoms with E-state index in [1.807, 2.05) is 19.1 Å². The van der Waals surface area contributed by atoms with E-state index in [1.54, 1.807) is 0 Å². The molecule has 1 heterocycles. The summed E-state index contributed by atoms with van der Waals surface area (Å²) in [6.45, 7) is 10.5. The quantitative estimate of drug-likeness (QED) is 0.610. The Morgan fingerprint density at radius 3 is 2.56 bits per heavy atom. The molecule has 1 saturated heterocycles. The maximum atomic E-state index is 14.0. The van der Waals surface area contributed by atoms with Crippen LogP contribution in [0, 0.1) is 17.0 Å². The lowest BCUT2D eigenvalue weighted by Gasteiger charge is -2.61. The van der Waals surface area contributed by atoms with Crippen LogP contribution >= 0.6 is 0 Å². The summed E-state index contributed by atoms with van der Waals surface area (Å²) < 4.78 is 33.8. The number of ether oxygens (including phenoxy) is 1. The van der Waals surface area contributed by atoms with Gasteiger partial charge in [-0.05, 0) is 61.1 Å². The number of piperidine rings is 1. The van der Waals surface area contributed by atoms with Crippen molar-refractivity contribution in [3.05, 3.63) is 64.7 Å². The number of amides is 1. The summed E-state index contributed by atoms with van der Waals surface area (Å²) in [5.41, 5.74) is 3.38. The van der Waals surface area contributed by atoms with E-state index < -0.39 is 11.6 Å². The third-order valence-electron chi connectivity index (χ3n) is 8.04. The summed E-state index contributed by atoms with van der Waals surface area (Å²) >= 11 is 0. The standard InChI is InChI=1S/C26H32F2N2O2/c1-17(32-15-19-21(27)8-6-9-22(19)28)14-30-12-11-26(4)20-7-5-10-23(29-16-31)18(20)13-24(30)25(26,2)3/h5-10,16-17,24H,11-15H2,1-4H3,(H,29,31). The Morgan fingerprint density at radius 1 is 1.19 bits per heavy atom. The number of hydrogen-bond donors (Lipinski definition) is 1. The van der Waals surface area contributed by atoms with Gasteiger partial charge in [0, 0.05) is 29.3 Å². The molecule has 0 saturated carbocycles. The number of fused-ring (bicyclic) bond motifs is 4. The highest BCUT2D eigenvalue weighted by atomic mass is 19.1. The maximum absolute atomic E-state index is 14.0. The molecule has 1 amide bonds. The second kappa shape index (κ2) is 8.56. The van der Waals surface area contributed by atoms with Crippen LogP contribution < -0.4 is 5.32 Å². The Balaban J connectivity index is 1.54. The van der Waals surface area contributed by atoms with E-state index in [0.29, 0.717) is 6.54 Å². The van der Waals surface area contributed by atoms with Gasteiger partial charge in [0.25, 0.3) is 0 Å². The zero-order chi connectivity index (χ0) is 23.1. The topological polar surface area (TPSA) is 41.6 Å². The van der Waals surface area contributed by atoms with Crippen molar-refractivity contribution in [3.8, 4) is 0 Å². The molecule has 32 heavy (non-hydrogen) atoms. The van der Waals surface area contributed by atoms with E-state index >= 15 is 0 Å². The second-order valence-electron chi connectivity index (χ2n) is 9.93. The molecule has 3 atom stereocenters. The van der Waals surface area contributed by atoms with Crippen LogP contribution in [0.4, 0.5) is 14.5 Å². The summed E-state index contributed by atoms with van der Waals surface area (Å²) in [5, 5.41) is 2.88. The van der Waals surface area contributed by atoms with Gasteiger partial charge in [0.15, 0.2) is 0 Å². The first-order valence-electron chi connectivity index (χ1n) is 11.3. The summed E-state index contributed by atoms with van der Waals surface area (Å²) in [7, 11) is 0. The number of carbonyl (C=O) groups excluding carboxylic acids is 1. The summed E-state index contributed by atoms with van der Waals surface area (Å²) in [6.07, 6.45) is 2.38. The van der Waals surface area contributed by atoms with E-state index in [2.05, 4.69) is 37.1 Å². The number of benzene rings is 2. The van der Waals surface area contributed by atoms with Crippen LogP contribution in [0.25, 0.3) is 0 Å². The number of anilines is 1. The van der Waals surface area contributed by atoms with Crippen LogP contribution in [0.2, 0.25) is 0 Å². The SMILES string of the molecule is CC(CN1CCC2(C)c3cccc(NC=O)c3CC1C2(C)C)OCc1c(F)cccc1F. The average Bonchev–Trinajstić information content (AvgIpc) is 2.73. The molecule has 1 fully saturated rings. The van der Waals surface area contributed by atoms with Gasteiger partial charge in [-0.1, -0.05) is 39.0 Å². The van der Waals surface area contributed by atoms with Crippen molar-refractivity contribution in [1.82, 2.24) is 4.90 Å². The zero-order valence-electron chi connectivity index (χ0n) is 19.3. The van der Waals surface area contributed by atoms with Gasteiger partial charge in [-0.2, -0.15) is 0 Å². The Labute approximate surface area is 189 Å². The molecule has 6 heteroatoms. The molecule has 3 unspecified atom stereocenters. The number of likely N-dealkylation sites (tertiary alicyclic amines) is 1. The Morgan fingerprint density at radius 2 is 1.88 bits per heavy atom. The number of nitrogens with zero attached hydrogens (tertiary/aromatic N) is 1. The van der Waals surface area contributed by atoms with E-state index in [4.69, 9.17) is 4.74 Å². The molecule has 2 aliphatic rings. The predicted molar refractivity (Wildman–Crippen MR) is 122 cm³/mol. The smallest absolute Gasteiger partial charge is 0.211 e. The van der Waals surface area contributed by atoms with Gasteiger partial charge in [0.05, 0.1) is 12.7 Å². The molecule has 0 aromatic heterocycles. The van der Waals surface area contributed by atoms with Gasteiger partial charge in [-0.25, -0.2) is 8.78 Å².